The van der Waals surface area contributed by atoms with Crippen molar-refractivity contribution in [2.24, 2.45) is 0 Å². The predicted octanol–water partition coefficient (Wildman–Crippen LogP) is 0.174. The van der Waals surface area contributed by atoms with Crippen molar-refractivity contribution in [3.63, 3.8) is 0 Å². The maximum Gasteiger partial charge on any atom is 0.322 e. The molecule has 12 heavy (non-hydrogen) atoms. The second-order valence-corrected chi connectivity index (χ2v) is 2.42. The third-order valence-corrected chi connectivity index (χ3v) is 1.40. The van der Waals surface area contributed by atoms with E-state index in [-0.39, 0.29) is 12.0 Å². The number of rotatable bonds is 6. The lowest BCUT2D eigenvalue weighted by Crippen LogP contribution is -2.37. The van der Waals surface area contributed by atoms with Crippen molar-refractivity contribution in [2.75, 3.05) is 26.9 Å². The first-order valence-corrected chi connectivity index (χ1v) is 4.11. The molecule has 0 saturated heterocycles. The fourth-order valence-electron chi connectivity index (χ4n) is 0.728. The molecule has 0 rings (SSSR count). The molecule has 72 valence electrons. The summed E-state index contributed by atoms with van der Waals surface area (Å²) in [5, 5.41) is 2.97. The quantitative estimate of drug-likeness (QED) is 0.462. The van der Waals surface area contributed by atoms with Crippen molar-refractivity contribution >= 4 is 5.97 Å². The number of carbonyl (C=O) groups is 1. The standard InChI is InChI=1S/C8H17NO3/c1-4-12-8(10)7(2)9-5-6-11-3/h7,9H,4-6H2,1-3H3. The van der Waals surface area contributed by atoms with Gasteiger partial charge in [0.1, 0.15) is 6.04 Å². The molecule has 1 atom stereocenters. The maximum atomic E-state index is 11.0. The van der Waals surface area contributed by atoms with Gasteiger partial charge in [-0.05, 0) is 13.8 Å². The van der Waals surface area contributed by atoms with E-state index in [4.69, 9.17) is 9.47 Å². The number of hydrogen-bond donors (Lipinski definition) is 1. The Bertz CT molecular complexity index is 127. The number of ether oxygens (including phenoxy) is 2. The minimum Gasteiger partial charge on any atom is -0.465 e. The van der Waals surface area contributed by atoms with Gasteiger partial charge in [-0.2, -0.15) is 0 Å². The molecule has 0 radical (unpaired) electrons. The minimum atomic E-state index is -0.250. The van der Waals surface area contributed by atoms with Crippen LogP contribution in [0, 0.1) is 0 Å². The molecule has 0 aliphatic heterocycles. The van der Waals surface area contributed by atoms with E-state index in [1.54, 1.807) is 21.0 Å². The highest BCUT2D eigenvalue weighted by atomic mass is 16.5. The van der Waals surface area contributed by atoms with Crippen LogP contribution in [0.5, 0.6) is 0 Å². The summed E-state index contributed by atoms with van der Waals surface area (Å²) in [5.41, 5.74) is 0. The van der Waals surface area contributed by atoms with Crippen LogP contribution in [-0.2, 0) is 14.3 Å². The van der Waals surface area contributed by atoms with E-state index >= 15 is 0 Å². The summed E-state index contributed by atoms with van der Waals surface area (Å²) < 4.78 is 9.61. The van der Waals surface area contributed by atoms with Gasteiger partial charge >= 0.3 is 5.97 Å². The number of hydrogen-bond acceptors (Lipinski definition) is 4. The van der Waals surface area contributed by atoms with Gasteiger partial charge in [0.2, 0.25) is 0 Å². The zero-order chi connectivity index (χ0) is 9.40. The smallest absolute Gasteiger partial charge is 0.322 e. The Morgan fingerprint density at radius 1 is 1.58 bits per heavy atom. The zero-order valence-corrected chi connectivity index (χ0v) is 7.92. The van der Waals surface area contributed by atoms with Crippen LogP contribution >= 0.6 is 0 Å². The normalized spacial score (nSPS) is 12.6. The second kappa shape index (κ2) is 7.06. The van der Waals surface area contributed by atoms with E-state index in [9.17, 15) is 4.79 Å². The molecular formula is C8H17NO3. The molecule has 1 unspecified atom stereocenters. The fraction of sp³-hybridized carbons (Fsp3) is 0.875. The summed E-state index contributed by atoms with van der Waals surface area (Å²) >= 11 is 0. The van der Waals surface area contributed by atoms with Gasteiger partial charge in [-0.15, -0.1) is 0 Å². The molecule has 1 N–H and O–H groups in total. The molecule has 0 heterocycles. The molecule has 0 aliphatic rings. The fourth-order valence-corrected chi connectivity index (χ4v) is 0.728. The number of nitrogens with one attached hydrogen (secondary N) is 1. The Labute approximate surface area is 73.2 Å². The Hall–Kier alpha value is -0.610. The van der Waals surface area contributed by atoms with Crippen LogP contribution in [-0.4, -0.2) is 38.9 Å². The summed E-state index contributed by atoms with van der Waals surface area (Å²) in [7, 11) is 1.62. The van der Waals surface area contributed by atoms with Crippen LogP contribution in [0.4, 0.5) is 0 Å². The van der Waals surface area contributed by atoms with Crippen LogP contribution in [0.3, 0.4) is 0 Å². The van der Waals surface area contributed by atoms with Crippen LogP contribution in [0.1, 0.15) is 13.8 Å². The summed E-state index contributed by atoms with van der Waals surface area (Å²) in [4.78, 5) is 11.0. The molecule has 0 aromatic carbocycles. The molecule has 4 nitrogen and oxygen atoms in total. The maximum absolute atomic E-state index is 11.0. The third-order valence-electron chi connectivity index (χ3n) is 1.40. The van der Waals surface area contributed by atoms with Crippen molar-refractivity contribution in [3.8, 4) is 0 Å². The van der Waals surface area contributed by atoms with E-state index in [1.807, 2.05) is 0 Å². The predicted molar refractivity (Wildman–Crippen MR) is 46.0 cm³/mol. The van der Waals surface area contributed by atoms with Crippen LogP contribution < -0.4 is 5.32 Å². The van der Waals surface area contributed by atoms with E-state index in [0.717, 1.165) is 0 Å². The van der Waals surface area contributed by atoms with Gasteiger partial charge in [-0.3, -0.25) is 4.79 Å². The molecule has 4 heteroatoms. The Morgan fingerprint density at radius 2 is 2.25 bits per heavy atom. The van der Waals surface area contributed by atoms with Crippen LogP contribution in [0.25, 0.3) is 0 Å². The van der Waals surface area contributed by atoms with Gasteiger partial charge in [-0.25, -0.2) is 0 Å². The highest BCUT2D eigenvalue weighted by molar-refractivity contribution is 5.75. The van der Waals surface area contributed by atoms with Crippen molar-refractivity contribution < 1.29 is 14.3 Å². The van der Waals surface area contributed by atoms with Gasteiger partial charge in [0.25, 0.3) is 0 Å². The van der Waals surface area contributed by atoms with Crippen molar-refractivity contribution in [3.05, 3.63) is 0 Å². The van der Waals surface area contributed by atoms with Crippen molar-refractivity contribution in [1.82, 2.24) is 5.32 Å². The lowest BCUT2D eigenvalue weighted by atomic mass is 10.3. The third kappa shape index (κ3) is 5.09. The average Bonchev–Trinajstić information content (AvgIpc) is 2.05. The van der Waals surface area contributed by atoms with E-state index in [0.29, 0.717) is 19.8 Å². The van der Waals surface area contributed by atoms with Gasteiger partial charge in [-0.1, -0.05) is 0 Å². The molecule has 0 spiro atoms. The number of methoxy groups -OCH3 is 1. The lowest BCUT2D eigenvalue weighted by Gasteiger charge is -2.11. The average molecular weight is 175 g/mol. The van der Waals surface area contributed by atoms with Gasteiger partial charge in [0, 0.05) is 13.7 Å². The number of carbonyl (C=O) groups excluding carboxylic acids is 1. The first-order chi connectivity index (χ1) is 5.72. The summed E-state index contributed by atoms with van der Waals surface area (Å²) in [6, 6.07) is -0.250. The van der Waals surface area contributed by atoms with Crippen molar-refractivity contribution in [1.29, 1.82) is 0 Å². The first kappa shape index (κ1) is 11.4. The molecular weight excluding hydrogens is 158 g/mol. The molecule has 0 aromatic rings. The van der Waals surface area contributed by atoms with Gasteiger partial charge in [0.15, 0.2) is 0 Å². The topological polar surface area (TPSA) is 47.6 Å². The summed E-state index contributed by atoms with van der Waals surface area (Å²) in [5.74, 6) is -0.214. The van der Waals surface area contributed by atoms with E-state index in [2.05, 4.69) is 5.32 Å². The number of esters is 1. The molecule has 0 aromatic heterocycles. The molecule has 0 fully saturated rings. The monoisotopic (exact) mass is 175 g/mol. The highest BCUT2D eigenvalue weighted by Gasteiger charge is 2.11. The largest absolute Gasteiger partial charge is 0.465 e. The lowest BCUT2D eigenvalue weighted by molar-refractivity contribution is -0.145. The molecule has 0 aliphatic carbocycles. The first-order valence-electron chi connectivity index (χ1n) is 4.11. The minimum absolute atomic E-state index is 0.214. The van der Waals surface area contributed by atoms with Crippen LogP contribution in [0.2, 0.25) is 0 Å². The van der Waals surface area contributed by atoms with Crippen LogP contribution in [0.15, 0.2) is 0 Å². The van der Waals surface area contributed by atoms with E-state index in [1.165, 1.54) is 0 Å². The molecule has 0 amide bonds. The Balaban J connectivity index is 3.42. The molecule has 0 saturated carbocycles. The van der Waals surface area contributed by atoms with E-state index < -0.39 is 0 Å². The second-order valence-electron chi connectivity index (χ2n) is 2.42. The highest BCUT2D eigenvalue weighted by Crippen LogP contribution is 1.86. The Kier molecular flexibility index (Phi) is 6.70. The Morgan fingerprint density at radius 3 is 2.75 bits per heavy atom. The SMILES string of the molecule is CCOC(=O)C(C)NCCOC. The summed E-state index contributed by atoms with van der Waals surface area (Å²) in [6.45, 7) is 5.25. The van der Waals surface area contributed by atoms with Crippen molar-refractivity contribution in [2.45, 2.75) is 19.9 Å². The van der Waals surface area contributed by atoms with Gasteiger partial charge < -0.3 is 14.8 Å². The molecule has 0 bridgehead atoms. The zero-order valence-electron chi connectivity index (χ0n) is 7.92. The summed E-state index contributed by atoms with van der Waals surface area (Å²) in [6.07, 6.45) is 0. The van der Waals surface area contributed by atoms with Gasteiger partial charge in [0.05, 0.1) is 13.2 Å².